The van der Waals surface area contributed by atoms with Crippen LogP contribution in [0.15, 0.2) is 64.4 Å². The van der Waals surface area contributed by atoms with Crippen LogP contribution in [0.1, 0.15) is 27.2 Å². The zero-order chi connectivity index (χ0) is 24.9. The van der Waals surface area contributed by atoms with Crippen LogP contribution in [-0.2, 0) is 16.4 Å². The SMILES string of the molecule is Cc1cc(C)cc(S(=O)(=O)c2c(C(=O)NCc3ccc4nc(N)[nH]c4c3)[nH]c3ccc(Cl)cc23)c1. The highest BCUT2D eigenvalue weighted by atomic mass is 35.5. The molecule has 0 atom stereocenters. The van der Waals surface area contributed by atoms with E-state index in [9.17, 15) is 13.2 Å². The normalized spacial score (nSPS) is 11.9. The summed E-state index contributed by atoms with van der Waals surface area (Å²) in [7, 11) is -4.05. The molecule has 0 bridgehead atoms. The van der Waals surface area contributed by atoms with Gasteiger partial charge in [0.05, 0.1) is 15.9 Å². The van der Waals surface area contributed by atoms with Crippen molar-refractivity contribution in [2.24, 2.45) is 0 Å². The molecule has 0 saturated heterocycles. The smallest absolute Gasteiger partial charge is 0.269 e. The highest BCUT2D eigenvalue weighted by molar-refractivity contribution is 7.91. The summed E-state index contributed by atoms with van der Waals surface area (Å²) < 4.78 is 27.6. The summed E-state index contributed by atoms with van der Waals surface area (Å²) in [6, 6.07) is 15.4. The van der Waals surface area contributed by atoms with Gasteiger partial charge in [-0.15, -0.1) is 0 Å². The molecule has 0 aliphatic carbocycles. The van der Waals surface area contributed by atoms with Crippen LogP contribution in [0.2, 0.25) is 5.02 Å². The number of carbonyl (C=O) groups excluding carboxylic acids is 1. The van der Waals surface area contributed by atoms with Crippen molar-refractivity contribution in [3.05, 3.63) is 82.0 Å². The molecule has 5 rings (SSSR count). The molecule has 0 saturated carbocycles. The highest BCUT2D eigenvalue weighted by Crippen LogP contribution is 2.34. The van der Waals surface area contributed by atoms with Crippen LogP contribution in [0.3, 0.4) is 0 Å². The number of nitrogen functional groups attached to an aromatic ring is 1. The van der Waals surface area contributed by atoms with Crippen LogP contribution in [0.25, 0.3) is 21.9 Å². The third-order valence-electron chi connectivity index (χ3n) is 5.73. The number of fused-ring (bicyclic) bond motifs is 2. The number of rotatable bonds is 5. The molecule has 178 valence electrons. The van der Waals surface area contributed by atoms with E-state index >= 15 is 0 Å². The zero-order valence-electron chi connectivity index (χ0n) is 18.9. The first-order chi connectivity index (χ1) is 16.6. The molecule has 5 N–H and O–H groups in total. The predicted molar refractivity (Wildman–Crippen MR) is 136 cm³/mol. The largest absolute Gasteiger partial charge is 0.369 e. The monoisotopic (exact) mass is 507 g/mol. The summed E-state index contributed by atoms with van der Waals surface area (Å²) in [6.07, 6.45) is 0. The maximum absolute atomic E-state index is 13.8. The zero-order valence-corrected chi connectivity index (χ0v) is 20.5. The van der Waals surface area contributed by atoms with E-state index in [-0.39, 0.29) is 22.0 Å². The van der Waals surface area contributed by atoms with Crippen molar-refractivity contribution < 1.29 is 13.2 Å². The number of hydrogen-bond acceptors (Lipinski definition) is 5. The van der Waals surface area contributed by atoms with Gasteiger partial charge in [0.15, 0.2) is 5.95 Å². The maximum Gasteiger partial charge on any atom is 0.269 e. The summed E-state index contributed by atoms with van der Waals surface area (Å²) >= 11 is 6.19. The molecule has 2 aromatic heterocycles. The lowest BCUT2D eigenvalue weighted by molar-refractivity contribution is 0.0943. The topological polar surface area (TPSA) is 134 Å². The number of nitrogens with two attached hydrogens (primary N) is 1. The lowest BCUT2D eigenvalue weighted by Gasteiger charge is -2.10. The van der Waals surface area contributed by atoms with E-state index in [0.717, 1.165) is 22.2 Å². The lowest BCUT2D eigenvalue weighted by Crippen LogP contribution is -2.25. The molecule has 2 heterocycles. The number of halogens is 1. The van der Waals surface area contributed by atoms with E-state index in [1.165, 1.54) is 0 Å². The number of imidazole rings is 1. The Morgan fingerprint density at radius 3 is 2.49 bits per heavy atom. The Morgan fingerprint density at radius 1 is 1.00 bits per heavy atom. The lowest BCUT2D eigenvalue weighted by atomic mass is 10.2. The van der Waals surface area contributed by atoms with Gasteiger partial charge in [-0.25, -0.2) is 13.4 Å². The number of amides is 1. The van der Waals surface area contributed by atoms with Gasteiger partial charge in [-0.1, -0.05) is 23.7 Å². The number of H-pyrrole nitrogens is 2. The Kier molecular flexibility index (Phi) is 5.53. The van der Waals surface area contributed by atoms with Crippen molar-refractivity contribution in [1.82, 2.24) is 20.3 Å². The number of anilines is 1. The van der Waals surface area contributed by atoms with Crippen LogP contribution in [0.4, 0.5) is 5.95 Å². The van der Waals surface area contributed by atoms with Crippen LogP contribution in [0, 0.1) is 13.8 Å². The summed E-state index contributed by atoms with van der Waals surface area (Å²) in [4.78, 5) is 23.4. The molecular formula is C25H22ClN5O3S. The Balaban J connectivity index is 1.56. The number of benzene rings is 3. The Labute approximate surface area is 206 Å². The van der Waals surface area contributed by atoms with E-state index in [2.05, 4.69) is 20.3 Å². The molecule has 0 radical (unpaired) electrons. The second-order valence-corrected chi connectivity index (χ2v) is 10.8. The highest BCUT2D eigenvalue weighted by Gasteiger charge is 2.30. The minimum absolute atomic E-state index is 0.0479. The molecule has 0 aliphatic rings. The second-order valence-electron chi connectivity index (χ2n) is 8.50. The van der Waals surface area contributed by atoms with E-state index in [4.69, 9.17) is 17.3 Å². The first-order valence-corrected chi connectivity index (χ1v) is 12.6. The van der Waals surface area contributed by atoms with Gasteiger partial charge in [-0.2, -0.15) is 0 Å². The molecule has 3 aromatic carbocycles. The van der Waals surface area contributed by atoms with Crippen LogP contribution >= 0.6 is 11.6 Å². The van der Waals surface area contributed by atoms with Crippen molar-refractivity contribution in [3.8, 4) is 0 Å². The summed E-state index contributed by atoms with van der Waals surface area (Å²) in [5.74, 6) is -0.247. The summed E-state index contributed by atoms with van der Waals surface area (Å²) in [6.45, 7) is 3.83. The molecule has 35 heavy (non-hydrogen) atoms. The third kappa shape index (κ3) is 4.24. The quantitative estimate of drug-likeness (QED) is 0.274. The molecule has 0 fully saturated rings. The summed E-state index contributed by atoms with van der Waals surface area (Å²) in [5.41, 5.74) is 10.0. The van der Waals surface area contributed by atoms with Crippen molar-refractivity contribution in [2.45, 2.75) is 30.2 Å². The number of aromatic nitrogens is 3. The molecule has 8 nitrogen and oxygen atoms in total. The number of nitrogens with zero attached hydrogens (tertiary/aromatic N) is 1. The number of nitrogens with one attached hydrogen (secondary N) is 3. The second kappa shape index (κ2) is 8.44. The van der Waals surface area contributed by atoms with E-state index in [1.54, 1.807) is 36.4 Å². The van der Waals surface area contributed by atoms with Gasteiger partial charge in [0.25, 0.3) is 5.91 Å². The molecule has 1 amide bonds. The first-order valence-electron chi connectivity index (χ1n) is 10.8. The van der Waals surface area contributed by atoms with E-state index in [1.807, 2.05) is 32.0 Å². The average molecular weight is 508 g/mol. The van der Waals surface area contributed by atoms with Gasteiger partial charge < -0.3 is 21.0 Å². The van der Waals surface area contributed by atoms with Crippen LogP contribution in [0.5, 0.6) is 0 Å². The standard InChI is InChI=1S/C25H22ClN5O3S/c1-13-7-14(2)9-17(8-13)35(33,34)23-18-11-16(26)4-6-19(18)29-22(23)24(32)28-12-15-3-5-20-21(10-15)31-25(27)30-20/h3-11,29H,12H2,1-2H3,(H,28,32)(H3,27,30,31). The van der Waals surface area contributed by atoms with Crippen LogP contribution < -0.4 is 11.1 Å². The third-order valence-corrected chi connectivity index (χ3v) is 7.78. The fraction of sp³-hybridized carbons (Fsp3) is 0.120. The van der Waals surface area contributed by atoms with E-state index in [0.29, 0.717) is 27.4 Å². The number of aromatic amines is 2. The minimum atomic E-state index is -4.05. The first kappa shape index (κ1) is 22.9. The average Bonchev–Trinajstić information content (AvgIpc) is 3.36. The van der Waals surface area contributed by atoms with Crippen molar-refractivity contribution >= 4 is 55.2 Å². The molecule has 10 heteroatoms. The molecule has 0 spiro atoms. The van der Waals surface area contributed by atoms with Gasteiger partial charge in [-0.05, 0) is 73.0 Å². The van der Waals surface area contributed by atoms with Crippen molar-refractivity contribution in [1.29, 1.82) is 0 Å². The Bertz CT molecular complexity index is 1720. The fourth-order valence-corrected chi connectivity index (χ4v) is 6.20. The van der Waals surface area contributed by atoms with Crippen LogP contribution in [-0.4, -0.2) is 29.3 Å². The number of aryl methyl sites for hydroxylation is 2. The van der Waals surface area contributed by atoms with E-state index < -0.39 is 15.7 Å². The Morgan fingerprint density at radius 2 is 1.74 bits per heavy atom. The van der Waals surface area contributed by atoms with Crippen molar-refractivity contribution in [3.63, 3.8) is 0 Å². The van der Waals surface area contributed by atoms with Crippen molar-refractivity contribution in [2.75, 3.05) is 5.73 Å². The van der Waals surface area contributed by atoms with Gasteiger partial charge >= 0.3 is 0 Å². The van der Waals surface area contributed by atoms with Gasteiger partial charge in [-0.3, -0.25) is 4.79 Å². The number of carbonyl (C=O) groups is 1. The van der Waals surface area contributed by atoms with Gasteiger partial charge in [0, 0.05) is 22.5 Å². The molecule has 0 unspecified atom stereocenters. The predicted octanol–water partition coefficient (Wildman–Crippen LogP) is 4.66. The number of hydrogen-bond donors (Lipinski definition) is 4. The number of sulfone groups is 1. The fourth-order valence-electron chi connectivity index (χ4n) is 4.24. The molecule has 5 aromatic rings. The maximum atomic E-state index is 13.8. The molecular weight excluding hydrogens is 486 g/mol. The summed E-state index contributed by atoms with van der Waals surface area (Å²) in [5, 5.41) is 3.54. The molecule has 0 aliphatic heterocycles. The Hall–Kier alpha value is -3.82. The minimum Gasteiger partial charge on any atom is -0.369 e. The van der Waals surface area contributed by atoms with Gasteiger partial charge in [0.1, 0.15) is 10.6 Å². The van der Waals surface area contributed by atoms with Gasteiger partial charge in [0.2, 0.25) is 9.84 Å².